The molecule has 0 unspecified atom stereocenters. The lowest BCUT2D eigenvalue weighted by Gasteiger charge is -2.33. The number of amides is 1. The molecule has 33 heavy (non-hydrogen) atoms. The van der Waals surface area contributed by atoms with E-state index >= 15 is 0 Å². The molecule has 1 aliphatic rings. The molecule has 5 rings (SSSR count). The molecule has 1 aliphatic heterocycles. The van der Waals surface area contributed by atoms with Gasteiger partial charge in [0.05, 0.1) is 41.8 Å². The third-order valence-corrected chi connectivity index (χ3v) is 5.88. The number of likely N-dealkylation sites (N-methyl/N-ethyl adjacent to an activating group) is 1. The van der Waals surface area contributed by atoms with Crippen LogP contribution >= 0.6 is 0 Å². The topological polar surface area (TPSA) is 102 Å². The van der Waals surface area contributed by atoms with Crippen molar-refractivity contribution in [3.8, 4) is 6.07 Å². The van der Waals surface area contributed by atoms with E-state index in [1.54, 1.807) is 0 Å². The average Bonchev–Trinajstić information content (AvgIpc) is 3.22. The molecular formula is C23H15F3N4O3. The summed E-state index contributed by atoms with van der Waals surface area (Å²) in [6.07, 6.45) is 0. The van der Waals surface area contributed by atoms with E-state index < -0.39 is 35.0 Å². The Morgan fingerprint density at radius 3 is 2.55 bits per heavy atom. The molecule has 0 bridgehead atoms. The van der Waals surface area contributed by atoms with Crippen molar-refractivity contribution in [2.45, 2.75) is 12.6 Å². The molecule has 0 saturated carbocycles. The van der Waals surface area contributed by atoms with E-state index in [-0.39, 0.29) is 40.8 Å². The second kappa shape index (κ2) is 7.50. The minimum Gasteiger partial charge on any atom is -0.373 e. The highest BCUT2D eigenvalue weighted by atomic mass is 19.2. The summed E-state index contributed by atoms with van der Waals surface area (Å²) in [6, 6.07) is 6.65. The first-order chi connectivity index (χ1) is 15.8. The number of nitrogens with zero attached hydrogens (tertiary/aromatic N) is 2. The van der Waals surface area contributed by atoms with Crippen LogP contribution in [0.2, 0.25) is 0 Å². The van der Waals surface area contributed by atoms with Crippen molar-refractivity contribution in [1.29, 1.82) is 5.26 Å². The molecule has 0 aliphatic carbocycles. The highest BCUT2D eigenvalue weighted by molar-refractivity contribution is 6.00. The van der Waals surface area contributed by atoms with Gasteiger partial charge in [-0.05, 0) is 35.7 Å². The van der Waals surface area contributed by atoms with Crippen LogP contribution in [-0.4, -0.2) is 34.4 Å². The average molecular weight is 452 g/mol. The highest BCUT2D eigenvalue weighted by Gasteiger charge is 2.32. The van der Waals surface area contributed by atoms with Gasteiger partial charge >= 0.3 is 0 Å². The van der Waals surface area contributed by atoms with Gasteiger partial charge in [0, 0.05) is 23.7 Å². The Balaban J connectivity index is 1.62. The number of H-pyrrole nitrogens is 2. The van der Waals surface area contributed by atoms with Crippen LogP contribution in [0.15, 0.2) is 35.1 Å². The Morgan fingerprint density at radius 1 is 1.09 bits per heavy atom. The number of fused-ring (bicyclic) bond motifs is 4. The van der Waals surface area contributed by atoms with E-state index in [2.05, 4.69) is 9.97 Å². The normalized spacial score (nSPS) is 15.4. The zero-order chi connectivity index (χ0) is 23.4. The molecule has 1 amide bonds. The minimum absolute atomic E-state index is 0.0369. The summed E-state index contributed by atoms with van der Waals surface area (Å²) in [5.41, 5.74) is 0.687. The standard InChI is InChI=1S/C23H15F3N4O3/c1-30(23(32)18-6-12-10(7-27)2-11(24)3-17(12)28-18)20-9-33-8-19-21(20)13-4-15(25)16(26)5-14(13)22(31)29-19/h2-6,20,28H,8-9H2,1H3,(H,29,31)/t20-/m1/s1. The van der Waals surface area contributed by atoms with Crippen molar-refractivity contribution < 1.29 is 22.7 Å². The Hall–Kier alpha value is -4.10. The number of nitrogens with one attached hydrogen (secondary N) is 2. The van der Waals surface area contributed by atoms with Crippen molar-refractivity contribution in [2.24, 2.45) is 0 Å². The predicted octanol–water partition coefficient (Wildman–Crippen LogP) is 3.64. The maximum atomic E-state index is 14.1. The lowest BCUT2D eigenvalue weighted by atomic mass is 9.95. The summed E-state index contributed by atoms with van der Waals surface area (Å²) in [6.45, 7) is 0.0862. The Labute approximate surface area is 184 Å². The van der Waals surface area contributed by atoms with Crippen LogP contribution in [0.4, 0.5) is 13.2 Å². The first kappa shape index (κ1) is 20.8. The van der Waals surface area contributed by atoms with Gasteiger partial charge in [-0.3, -0.25) is 9.59 Å². The van der Waals surface area contributed by atoms with Crippen molar-refractivity contribution >= 4 is 27.6 Å². The molecule has 10 heteroatoms. The van der Waals surface area contributed by atoms with Gasteiger partial charge in [-0.15, -0.1) is 0 Å². The van der Waals surface area contributed by atoms with Crippen molar-refractivity contribution in [3.05, 3.63) is 80.7 Å². The van der Waals surface area contributed by atoms with Gasteiger partial charge in [-0.2, -0.15) is 5.26 Å². The van der Waals surface area contributed by atoms with E-state index in [1.807, 2.05) is 6.07 Å². The molecule has 2 aromatic carbocycles. The van der Waals surface area contributed by atoms with Crippen LogP contribution in [0.5, 0.6) is 0 Å². The van der Waals surface area contributed by atoms with Crippen LogP contribution < -0.4 is 5.56 Å². The number of nitriles is 1. The number of hydrogen-bond donors (Lipinski definition) is 2. The zero-order valence-electron chi connectivity index (χ0n) is 17.1. The minimum atomic E-state index is -1.15. The quantitative estimate of drug-likeness (QED) is 0.485. The fourth-order valence-corrected chi connectivity index (χ4v) is 4.29. The number of aromatic nitrogens is 2. The summed E-state index contributed by atoms with van der Waals surface area (Å²) in [5.74, 6) is -3.39. The maximum Gasteiger partial charge on any atom is 0.270 e. The first-order valence-corrected chi connectivity index (χ1v) is 9.89. The van der Waals surface area contributed by atoms with E-state index in [4.69, 9.17) is 4.74 Å². The van der Waals surface area contributed by atoms with Gasteiger partial charge in [0.25, 0.3) is 11.5 Å². The number of halogens is 3. The SMILES string of the molecule is CN(C(=O)c1cc2c(C#N)cc(F)cc2[nH]1)[C@@H]1COCc2[nH]c(=O)c3cc(F)c(F)cc3c21. The molecule has 0 fully saturated rings. The molecule has 2 N–H and O–H groups in total. The largest absolute Gasteiger partial charge is 0.373 e. The van der Waals surface area contributed by atoms with Gasteiger partial charge in [0.2, 0.25) is 0 Å². The van der Waals surface area contributed by atoms with Gasteiger partial charge in [-0.25, -0.2) is 13.2 Å². The summed E-state index contributed by atoms with van der Waals surface area (Å²) in [4.78, 5) is 32.5. The number of aromatic amines is 2. The zero-order valence-corrected chi connectivity index (χ0v) is 17.1. The lowest BCUT2D eigenvalue weighted by Crippen LogP contribution is -2.37. The van der Waals surface area contributed by atoms with Crippen LogP contribution in [0.1, 0.15) is 33.4 Å². The van der Waals surface area contributed by atoms with E-state index in [0.29, 0.717) is 16.6 Å². The van der Waals surface area contributed by atoms with E-state index in [1.165, 1.54) is 24.1 Å². The van der Waals surface area contributed by atoms with Crippen LogP contribution in [-0.2, 0) is 11.3 Å². The van der Waals surface area contributed by atoms with Gasteiger partial charge in [-0.1, -0.05) is 0 Å². The monoisotopic (exact) mass is 452 g/mol. The summed E-state index contributed by atoms with van der Waals surface area (Å²) < 4.78 is 47.2. The first-order valence-electron chi connectivity index (χ1n) is 9.89. The van der Waals surface area contributed by atoms with Gasteiger partial charge in [0.1, 0.15) is 11.5 Å². The molecule has 0 radical (unpaired) electrons. The third-order valence-electron chi connectivity index (χ3n) is 5.88. The maximum absolute atomic E-state index is 14.1. The highest BCUT2D eigenvalue weighted by Crippen LogP contribution is 2.34. The number of carbonyl (C=O) groups excluding carboxylic acids is 1. The lowest BCUT2D eigenvalue weighted by molar-refractivity contribution is 0.0333. The Bertz CT molecular complexity index is 1570. The van der Waals surface area contributed by atoms with Crippen LogP contribution in [0, 0.1) is 28.8 Å². The molecular weight excluding hydrogens is 437 g/mol. The smallest absolute Gasteiger partial charge is 0.270 e. The molecule has 2 aromatic heterocycles. The van der Waals surface area contributed by atoms with Gasteiger partial charge < -0.3 is 19.6 Å². The molecule has 0 spiro atoms. The molecule has 4 aromatic rings. The second-order valence-electron chi connectivity index (χ2n) is 7.81. The molecule has 0 saturated heterocycles. The molecule has 166 valence electrons. The number of benzene rings is 2. The fraction of sp³-hybridized carbons (Fsp3) is 0.174. The number of pyridine rings is 1. The molecule has 7 nitrogen and oxygen atoms in total. The van der Waals surface area contributed by atoms with E-state index in [0.717, 1.165) is 18.2 Å². The summed E-state index contributed by atoms with van der Waals surface area (Å²) in [5, 5.41) is 9.80. The van der Waals surface area contributed by atoms with Crippen molar-refractivity contribution in [1.82, 2.24) is 14.9 Å². The van der Waals surface area contributed by atoms with Crippen LogP contribution in [0.3, 0.4) is 0 Å². The van der Waals surface area contributed by atoms with Gasteiger partial charge in [0.15, 0.2) is 11.6 Å². The fourth-order valence-electron chi connectivity index (χ4n) is 4.29. The second-order valence-corrected chi connectivity index (χ2v) is 7.81. The third kappa shape index (κ3) is 3.25. The summed E-state index contributed by atoms with van der Waals surface area (Å²) >= 11 is 0. The predicted molar refractivity (Wildman–Crippen MR) is 112 cm³/mol. The van der Waals surface area contributed by atoms with Crippen molar-refractivity contribution in [2.75, 3.05) is 13.7 Å². The Kier molecular flexibility index (Phi) is 4.72. The van der Waals surface area contributed by atoms with Crippen molar-refractivity contribution in [3.63, 3.8) is 0 Å². The molecule has 3 heterocycles. The Morgan fingerprint density at radius 2 is 1.82 bits per heavy atom. The number of rotatable bonds is 2. The number of carbonyl (C=O) groups is 1. The summed E-state index contributed by atoms with van der Waals surface area (Å²) in [7, 11) is 1.50. The van der Waals surface area contributed by atoms with E-state index in [9.17, 15) is 28.0 Å². The van der Waals surface area contributed by atoms with Crippen LogP contribution in [0.25, 0.3) is 21.7 Å². The molecule has 1 atom stereocenters. The number of hydrogen-bond acceptors (Lipinski definition) is 4. The number of ether oxygens (including phenoxy) is 1.